The smallest absolute Gasteiger partial charge is 0.407 e. The van der Waals surface area contributed by atoms with Crippen LogP contribution in [0.25, 0.3) is 0 Å². The summed E-state index contributed by atoms with van der Waals surface area (Å²) >= 11 is 5.94. The van der Waals surface area contributed by atoms with Crippen LogP contribution >= 0.6 is 11.6 Å². The molecule has 1 unspecified atom stereocenters. The highest BCUT2D eigenvalue weighted by Crippen LogP contribution is 2.30. The molecule has 3 rings (SSSR count). The van der Waals surface area contributed by atoms with Gasteiger partial charge in [0.15, 0.2) is 0 Å². The van der Waals surface area contributed by atoms with Crippen molar-refractivity contribution in [2.24, 2.45) is 5.92 Å². The molecule has 1 saturated heterocycles. The van der Waals surface area contributed by atoms with E-state index >= 15 is 0 Å². The SMILES string of the molecule is CNC(=O)CN(CC1CCN(C(C)c2cccc(Oc3ccc(Cl)cc3)c2)CC1)C(=O)O. The average Bonchev–Trinajstić information content (AvgIpc) is 2.80. The molecule has 7 nitrogen and oxygen atoms in total. The fourth-order valence-electron chi connectivity index (χ4n) is 3.98. The third-order valence-electron chi connectivity index (χ3n) is 5.95. The largest absolute Gasteiger partial charge is 0.465 e. The van der Waals surface area contributed by atoms with Gasteiger partial charge in [0.2, 0.25) is 5.91 Å². The van der Waals surface area contributed by atoms with E-state index in [4.69, 9.17) is 16.3 Å². The van der Waals surface area contributed by atoms with E-state index < -0.39 is 6.09 Å². The molecule has 2 aromatic carbocycles. The number of nitrogens with one attached hydrogen (secondary N) is 1. The number of rotatable bonds is 8. The number of amides is 2. The van der Waals surface area contributed by atoms with Gasteiger partial charge in [0, 0.05) is 24.7 Å². The average molecular weight is 460 g/mol. The first-order valence-electron chi connectivity index (χ1n) is 10.8. The summed E-state index contributed by atoms with van der Waals surface area (Å²) in [5.41, 5.74) is 1.17. The molecule has 2 N–H and O–H groups in total. The second-order valence-corrected chi connectivity index (χ2v) is 8.56. The lowest BCUT2D eigenvalue weighted by Gasteiger charge is -2.37. The van der Waals surface area contributed by atoms with Crippen molar-refractivity contribution < 1.29 is 19.4 Å². The second kappa shape index (κ2) is 11.2. The molecule has 0 aliphatic carbocycles. The van der Waals surface area contributed by atoms with Gasteiger partial charge in [0.25, 0.3) is 0 Å². The molecule has 0 saturated carbocycles. The molecule has 1 aliphatic rings. The first-order chi connectivity index (χ1) is 15.4. The minimum atomic E-state index is -1.05. The zero-order chi connectivity index (χ0) is 23.1. The molecule has 2 amide bonds. The van der Waals surface area contributed by atoms with Crippen LogP contribution in [0, 0.1) is 5.92 Å². The van der Waals surface area contributed by atoms with Gasteiger partial charge in [-0.15, -0.1) is 0 Å². The Bertz CT molecular complexity index is 914. The van der Waals surface area contributed by atoms with Gasteiger partial charge in [-0.25, -0.2) is 4.79 Å². The number of benzene rings is 2. The van der Waals surface area contributed by atoms with Crippen LogP contribution in [0.3, 0.4) is 0 Å². The Balaban J connectivity index is 1.55. The van der Waals surface area contributed by atoms with Gasteiger partial charge in [-0.2, -0.15) is 0 Å². The van der Waals surface area contributed by atoms with E-state index in [2.05, 4.69) is 29.3 Å². The zero-order valence-electron chi connectivity index (χ0n) is 18.5. The molecular formula is C24H30ClN3O4. The lowest BCUT2D eigenvalue weighted by Crippen LogP contribution is -2.44. The highest BCUT2D eigenvalue weighted by molar-refractivity contribution is 6.30. The molecule has 1 aliphatic heterocycles. The molecule has 1 atom stereocenters. The molecule has 0 spiro atoms. The van der Waals surface area contributed by atoms with Gasteiger partial charge < -0.3 is 15.2 Å². The van der Waals surface area contributed by atoms with E-state index in [1.807, 2.05) is 24.3 Å². The minimum absolute atomic E-state index is 0.122. The van der Waals surface area contributed by atoms with Crippen molar-refractivity contribution in [3.8, 4) is 11.5 Å². The number of ether oxygens (including phenoxy) is 1. The van der Waals surface area contributed by atoms with Crippen LogP contribution in [-0.4, -0.2) is 60.1 Å². The molecule has 0 aromatic heterocycles. The van der Waals surface area contributed by atoms with Gasteiger partial charge >= 0.3 is 6.09 Å². The monoisotopic (exact) mass is 459 g/mol. The molecular weight excluding hydrogens is 430 g/mol. The van der Waals surface area contributed by atoms with E-state index in [9.17, 15) is 14.7 Å². The summed E-state index contributed by atoms with van der Waals surface area (Å²) in [4.78, 5) is 26.7. The van der Waals surface area contributed by atoms with Gasteiger partial charge in [-0.05, 0) is 80.7 Å². The lowest BCUT2D eigenvalue weighted by atomic mass is 9.94. The third-order valence-corrected chi connectivity index (χ3v) is 6.20. The standard InChI is InChI=1S/C24H30ClN3O4/c1-17(19-4-3-5-22(14-19)32-21-8-6-20(25)7-9-21)27-12-10-18(11-13-27)15-28(24(30)31)16-23(29)26-2/h3-9,14,17-18H,10-13,15-16H2,1-2H3,(H,26,29)(H,30,31). The molecule has 32 heavy (non-hydrogen) atoms. The number of carbonyl (C=O) groups excluding carboxylic acids is 1. The fraction of sp³-hybridized carbons (Fsp3) is 0.417. The zero-order valence-corrected chi connectivity index (χ0v) is 19.2. The number of hydrogen-bond donors (Lipinski definition) is 2. The Morgan fingerprint density at radius 1 is 1.19 bits per heavy atom. The fourth-order valence-corrected chi connectivity index (χ4v) is 4.11. The summed E-state index contributed by atoms with van der Waals surface area (Å²) in [6.07, 6.45) is 0.730. The Kier molecular flexibility index (Phi) is 8.36. The highest BCUT2D eigenvalue weighted by atomic mass is 35.5. The first-order valence-corrected chi connectivity index (χ1v) is 11.2. The van der Waals surface area contributed by atoms with Crippen molar-refractivity contribution in [3.63, 3.8) is 0 Å². The van der Waals surface area contributed by atoms with Crippen LogP contribution in [0.4, 0.5) is 4.79 Å². The van der Waals surface area contributed by atoms with Gasteiger partial charge in [-0.3, -0.25) is 14.6 Å². The molecule has 1 fully saturated rings. The van der Waals surface area contributed by atoms with Crippen molar-refractivity contribution in [1.29, 1.82) is 0 Å². The van der Waals surface area contributed by atoms with E-state index in [0.717, 1.165) is 37.4 Å². The van der Waals surface area contributed by atoms with Crippen molar-refractivity contribution in [2.45, 2.75) is 25.8 Å². The predicted molar refractivity (Wildman–Crippen MR) is 124 cm³/mol. The topological polar surface area (TPSA) is 82.1 Å². The van der Waals surface area contributed by atoms with Crippen molar-refractivity contribution >= 4 is 23.6 Å². The van der Waals surface area contributed by atoms with Crippen LogP contribution < -0.4 is 10.1 Å². The number of carboxylic acid groups (broad SMARTS) is 1. The maximum atomic E-state index is 11.6. The molecule has 2 aromatic rings. The number of nitrogens with zero attached hydrogens (tertiary/aromatic N) is 2. The number of piperidine rings is 1. The summed E-state index contributed by atoms with van der Waals surface area (Å²) in [5.74, 6) is 1.47. The number of likely N-dealkylation sites (tertiary alicyclic amines) is 1. The molecule has 172 valence electrons. The second-order valence-electron chi connectivity index (χ2n) is 8.12. The first kappa shape index (κ1) is 23.9. The van der Waals surface area contributed by atoms with E-state index in [1.54, 1.807) is 12.1 Å². The van der Waals surface area contributed by atoms with Gasteiger partial charge in [0.05, 0.1) is 0 Å². The minimum Gasteiger partial charge on any atom is -0.465 e. The van der Waals surface area contributed by atoms with Gasteiger partial charge in [-0.1, -0.05) is 23.7 Å². The lowest BCUT2D eigenvalue weighted by molar-refractivity contribution is -0.121. The number of hydrogen-bond acceptors (Lipinski definition) is 4. The third kappa shape index (κ3) is 6.61. The van der Waals surface area contributed by atoms with Crippen LogP contribution in [0.5, 0.6) is 11.5 Å². The number of halogens is 1. The van der Waals surface area contributed by atoms with Crippen LogP contribution in [0.2, 0.25) is 5.02 Å². The maximum absolute atomic E-state index is 11.6. The van der Waals surface area contributed by atoms with Crippen LogP contribution in [-0.2, 0) is 4.79 Å². The summed E-state index contributed by atoms with van der Waals surface area (Å²) in [6.45, 7) is 4.19. The normalized spacial score (nSPS) is 15.7. The van der Waals surface area contributed by atoms with E-state index in [1.165, 1.54) is 17.5 Å². The Morgan fingerprint density at radius 2 is 1.88 bits per heavy atom. The molecule has 1 heterocycles. The number of likely N-dealkylation sites (N-methyl/N-ethyl adjacent to an activating group) is 1. The number of carbonyl (C=O) groups is 2. The Hall–Kier alpha value is -2.77. The van der Waals surface area contributed by atoms with Crippen LogP contribution in [0.1, 0.15) is 31.4 Å². The summed E-state index contributed by atoms with van der Waals surface area (Å²) in [7, 11) is 1.51. The quantitative estimate of drug-likeness (QED) is 0.601. The van der Waals surface area contributed by atoms with Gasteiger partial charge in [0.1, 0.15) is 18.0 Å². The molecule has 0 bridgehead atoms. The summed E-state index contributed by atoms with van der Waals surface area (Å²) in [5, 5.41) is 12.6. The molecule has 8 heteroatoms. The van der Waals surface area contributed by atoms with E-state index in [0.29, 0.717) is 11.6 Å². The van der Waals surface area contributed by atoms with Crippen molar-refractivity contribution in [2.75, 3.05) is 33.2 Å². The Labute approximate surface area is 193 Å². The maximum Gasteiger partial charge on any atom is 0.407 e. The highest BCUT2D eigenvalue weighted by Gasteiger charge is 2.27. The summed E-state index contributed by atoms with van der Waals surface area (Å²) in [6, 6.07) is 15.6. The Morgan fingerprint density at radius 3 is 2.50 bits per heavy atom. The van der Waals surface area contributed by atoms with Crippen molar-refractivity contribution in [3.05, 3.63) is 59.1 Å². The predicted octanol–water partition coefficient (Wildman–Crippen LogP) is 4.63. The molecule has 0 radical (unpaired) electrons. The van der Waals surface area contributed by atoms with Crippen molar-refractivity contribution in [1.82, 2.24) is 15.1 Å². The van der Waals surface area contributed by atoms with E-state index in [-0.39, 0.29) is 24.4 Å². The van der Waals surface area contributed by atoms with Crippen LogP contribution in [0.15, 0.2) is 48.5 Å². The summed E-state index contributed by atoms with van der Waals surface area (Å²) < 4.78 is 5.96.